The predicted molar refractivity (Wildman–Crippen MR) is 95.1 cm³/mol. The quantitative estimate of drug-likeness (QED) is 0.320. The largest absolute Gasteiger partial charge is 0.487 e. The first-order chi connectivity index (χ1) is 14.8. The number of halogens is 7. The van der Waals surface area contributed by atoms with E-state index in [1.807, 2.05) is 0 Å². The number of amides is 1. The second kappa shape index (κ2) is 9.70. The van der Waals surface area contributed by atoms with Gasteiger partial charge in [-0.2, -0.15) is 22.0 Å². The fourth-order valence-electron chi connectivity index (χ4n) is 2.18. The van der Waals surface area contributed by atoms with Crippen LogP contribution in [0.3, 0.4) is 0 Å². The summed E-state index contributed by atoms with van der Waals surface area (Å²) in [4.78, 5) is 21.8. The van der Waals surface area contributed by atoms with Crippen molar-refractivity contribution in [2.75, 3.05) is 18.5 Å². The summed E-state index contributed by atoms with van der Waals surface area (Å²) < 4.78 is 97.3. The summed E-state index contributed by atoms with van der Waals surface area (Å²) in [6, 6.07) is 6.12. The van der Waals surface area contributed by atoms with Gasteiger partial charge in [-0.25, -0.2) is 8.78 Å². The lowest BCUT2D eigenvalue weighted by Gasteiger charge is -2.16. The number of benzene rings is 2. The van der Waals surface area contributed by atoms with Gasteiger partial charge in [0.2, 0.25) is 0 Å². The summed E-state index contributed by atoms with van der Waals surface area (Å²) in [5, 5.41) is 13.3. The summed E-state index contributed by atoms with van der Waals surface area (Å²) in [5.74, 6) is -5.94. The van der Waals surface area contributed by atoms with Crippen molar-refractivity contribution in [3.05, 3.63) is 58.1 Å². The van der Waals surface area contributed by atoms with Crippen molar-refractivity contribution in [1.29, 1.82) is 0 Å². The molecular weight excluding hydrogens is 457 g/mol. The van der Waals surface area contributed by atoms with Crippen molar-refractivity contribution in [3.8, 4) is 11.5 Å². The number of nitrogens with one attached hydrogen (secondary N) is 1. The molecule has 14 heteroatoms. The first-order valence-corrected chi connectivity index (χ1v) is 8.47. The van der Waals surface area contributed by atoms with E-state index in [4.69, 9.17) is 4.74 Å². The Bertz CT molecular complexity index is 965. The van der Waals surface area contributed by atoms with Gasteiger partial charge in [0.1, 0.15) is 5.75 Å². The number of anilines is 1. The van der Waals surface area contributed by atoms with Gasteiger partial charge in [0.15, 0.2) is 19.0 Å². The summed E-state index contributed by atoms with van der Waals surface area (Å²) in [6.07, 6.45) is -8.71. The summed E-state index contributed by atoms with van der Waals surface area (Å²) in [5.41, 5.74) is -2.15. The first-order valence-electron chi connectivity index (χ1n) is 8.47. The van der Waals surface area contributed by atoms with Gasteiger partial charge in [-0.1, -0.05) is 0 Å². The molecule has 32 heavy (non-hydrogen) atoms. The van der Waals surface area contributed by atoms with Crippen molar-refractivity contribution in [2.24, 2.45) is 0 Å². The Kier molecular flexibility index (Phi) is 7.48. The van der Waals surface area contributed by atoms with Gasteiger partial charge in [0, 0.05) is 11.8 Å². The van der Waals surface area contributed by atoms with Gasteiger partial charge in [-0.15, -0.1) is 0 Å². The average molecular weight is 470 g/mol. The molecule has 0 saturated heterocycles. The zero-order valence-corrected chi connectivity index (χ0v) is 15.7. The number of nitrogens with zero attached hydrogens (tertiary/aromatic N) is 1. The Labute approximate surface area is 174 Å². The molecule has 7 nitrogen and oxygen atoms in total. The van der Waals surface area contributed by atoms with Gasteiger partial charge in [0.25, 0.3) is 5.91 Å². The number of ether oxygens (including phenoxy) is 2. The molecule has 2 aromatic rings. The molecule has 2 aromatic carbocycles. The number of hydrogen-bond acceptors (Lipinski definition) is 5. The second-order valence-electron chi connectivity index (χ2n) is 6.15. The topological polar surface area (TPSA) is 90.7 Å². The molecule has 0 saturated carbocycles. The predicted octanol–water partition coefficient (Wildman–Crippen LogP) is 4.91. The van der Waals surface area contributed by atoms with Crippen LogP contribution in [0.4, 0.5) is 42.1 Å². The molecule has 0 spiro atoms. The summed E-state index contributed by atoms with van der Waals surface area (Å²) >= 11 is 0. The molecule has 0 aliphatic rings. The van der Waals surface area contributed by atoms with E-state index in [1.54, 1.807) is 0 Å². The molecule has 174 valence electrons. The highest BCUT2D eigenvalue weighted by Crippen LogP contribution is 2.36. The van der Waals surface area contributed by atoms with E-state index < -0.39 is 59.6 Å². The van der Waals surface area contributed by atoms with E-state index in [-0.39, 0.29) is 17.5 Å². The summed E-state index contributed by atoms with van der Waals surface area (Å²) in [7, 11) is 0. The number of hydrogen-bond donors (Lipinski definition) is 1. The fraction of sp³-hybridized carbons (Fsp3) is 0.278. The Morgan fingerprint density at radius 1 is 1.03 bits per heavy atom. The minimum atomic E-state index is -4.81. The SMILES string of the molecule is O=C(COc1ccc(C(F)(F)F)cc1[N+](=O)[O-])Nc1ccc(OCC(F)(F)C(F)F)cc1. The molecule has 0 fully saturated rings. The van der Waals surface area contributed by atoms with E-state index in [1.165, 1.54) is 12.1 Å². The normalized spacial score (nSPS) is 11.9. The lowest BCUT2D eigenvalue weighted by molar-refractivity contribution is -0.386. The van der Waals surface area contributed by atoms with Crippen LogP contribution in [0.15, 0.2) is 42.5 Å². The van der Waals surface area contributed by atoms with Crippen molar-refractivity contribution >= 4 is 17.3 Å². The van der Waals surface area contributed by atoms with Gasteiger partial charge >= 0.3 is 24.2 Å². The smallest absolute Gasteiger partial charge is 0.416 e. The van der Waals surface area contributed by atoms with Gasteiger partial charge in [-0.05, 0) is 36.4 Å². The van der Waals surface area contributed by atoms with Crippen LogP contribution in [0.2, 0.25) is 0 Å². The van der Waals surface area contributed by atoms with Crippen LogP contribution in [0.1, 0.15) is 5.56 Å². The molecule has 0 radical (unpaired) electrons. The van der Waals surface area contributed by atoms with Crippen LogP contribution in [0.5, 0.6) is 11.5 Å². The standard InChI is InChI=1S/C18H13F7N2O5/c19-16(20)17(21,22)9-32-12-4-2-11(3-5-12)26-15(28)8-31-14-6-1-10(18(23,24)25)7-13(14)27(29)30/h1-7,16H,8-9H2,(H,26,28). The Hall–Kier alpha value is -3.58. The monoisotopic (exact) mass is 470 g/mol. The first kappa shape index (κ1) is 24.7. The van der Waals surface area contributed by atoms with E-state index in [0.29, 0.717) is 12.1 Å². The second-order valence-corrected chi connectivity index (χ2v) is 6.15. The average Bonchev–Trinajstić information content (AvgIpc) is 2.70. The maximum absolute atomic E-state index is 12.8. The molecule has 0 bridgehead atoms. The molecule has 0 aromatic heterocycles. The lowest BCUT2D eigenvalue weighted by Crippen LogP contribution is -2.33. The molecular formula is C18H13F7N2O5. The van der Waals surface area contributed by atoms with Crippen LogP contribution in [-0.4, -0.2) is 36.4 Å². The third-order valence-corrected chi connectivity index (χ3v) is 3.73. The molecule has 0 atom stereocenters. The third kappa shape index (κ3) is 6.72. The van der Waals surface area contributed by atoms with Crippen LogP contribution in [0.25, 0.3) is 0 Å². The van der Waals surface area contributed by atoms with Crippen molar-refractivity contribution < 1.29 is 49.9 Å². The van der Waals surface area contributed by atoms with Crippen molar-refractivity contribution in [3.63, 3.8) is 0 Å². The Balaban J connectivity index is 1.95. The highest BCUT2D eigenvalue weighted by Gasteiger charge is 2.41. The maximum atomic E-state index is 12.8. The lowest BCUT2D eigenvalue weighted by atomic mass is 10.2. The van der Waals surface area contributed by atoms with E-state index >= 15 is 0 Å². The maximum Gasteiger partial charge on any atom is 0.416 e. The van der Waals surface area contributed by atoms with Gasteiger partial charge in [-0.3, -0.25) is 14.9 Å². The van der Waals surface area contributed by atoms with E-state index in [0.717, 1.165) is 12.1 Å². The number of carbonyl (C=O) groups is 1. The Morgan fingerprint density at radius 2 is 1.66 bits per heavy atom. The number of carbonyl (C=O) groups excluding carboxylic acids is 1. The highest BCUT2D eigenvalue weighted by atomic mass is 19.4. The fourth-order valence-corrected chi connectivity index (χ4v) is 2.18. The van der Waals surface area contributed by atoms with Crippen LogP contribution in [0, 0.1) is 10.1 Å². The molecule has 0 unspecified atom stereocenters. The number of nitro benzene ring substituents is 1. The van der Waals surface area contributed by atoms with E-state index in [9.17, 15) is 45.6 Å². The third-order valence-electron chi connectivity index (χ3n) is 3.73. The molecule has 1 amide bonds. The minimum Gasteiger partial charge on any atom is -0.487 e. The van der Waals surface area contributed by atoms with Crippen molar-refractivity contribution in [2.45, 2.75) is 18.5 Å². The number of rotatable bonds is 9. The highest BCUT2D eigenvalue weighted by molar-refractivity contribution is 5.92. The number of nitro groups is 1. The zero-order chi connectivity index (χ0) is 24.1. The van der Waals surface area contributed by atoms with Crippen molar-refractivity contribution in [1.82, 2.24) is 0 Å². The van der Waals surface area contributed by atoms with Crippen LogP contribution in [-0.2, 0) is 11.0 Å². The Morgan fingerprint density at radius 3 is 2.19 bits per heavy atom. The molecule has 2 rings (SSSR count). The van der Waals surface area contributed by atoms with Gasteiger partial charge < -0.3 is 14.8 Å². The van der Waals surface area contributed by atoms with Crippen LogP contribution < -0.4 is 14.8 Å². The van der Waals surface area contributed by atoms with E-state index in [2.05, 4.69) is 10.1 Å². The molecule has 1 N–H and O–H groups in total. The summed E-state index contributed by atoms with van der Waals surface area (Å²) in [6.45, 7) is -2.36. The molecule has 0 aliphatic carbocycles. The zero-order valence-electron chi connectivity index (χ0n) is 15.7. The minimum absolute atomic E-state index is 0.105. The molecule has 0 heterocycles. The number of alkyl halides is 7. The molecule has 0 aliphatic heterocycles. The van der Waals surface area contributed by atoms with Gasteiger partial charge in [0.05, 0.1) is 10.5 Å². The van der Waals surface area contributed by atoms with Crippen LogP contribution >= 0.6 is 0 Å².